The van der Waals surface area contributed by atoms with E-state index in [0.29, 0.717) is 23.6 Å². The van der Waals surface area contributed by atoms with Crippen molar-refractivity contribution in [3.05, 3.63) is 58.1 Å². The molecule has 0 bridgehead atoms. The molecule has 0 saturated carbocycles. The molecule has 0 aliphatic carbocycles. The molecule has 2 aromatic rings. The lowest BCUT2D eigenvalue weighted by atomic mass is 10.2. The Morgan fingerprint density at radius 1 is 1.15 bits per heavy atom. The molecule has 0 saturated heterocycles. The van der Waals surface area contributed by atoms with Crippen molar-refractivity contribution in [2.45, 2.75) is 13.8 Å². The van der Waals surface area contributed by atoms with Crippen LogP contribution in [0.3, 0.4) is 0 Å². The van der Waals surface area contributed by atoms with E-state index in [0.717, 1.165) is 10.0 Å². The number of esters is 1. The summed E-state index contributed by atoms with van der Waals surface area (Å²) in [6.07, 6.45) is 0. The quantitative estimate of drug-likeness (QED) is 0.514. The molecule has 0 heterocycles. The molecule has 2 N–H and O–H groups in total. The smallest absolute Gasteiger partial charge is 0.338 e. The predicted molar refractivity (Wildman–Crippen MR) is 111 cm³/mol. The molecular formula is C19H19BrN2O4S. The standard InChI is InChI=1S/C19H19BrN2O4S/c1-3-25-18(24)13-5-7-14(8-6-13)21-19(27)22-17(23)11-26-16-9-4-12(2)10-15(16)20/h4-10H,3,11H2,1-2H3,(H2,21,22,23,27). The highest BCUT2D eigenvalue weighted by Gasteiger charge is 2.09. The maximum atomic E-state index is 12.0. The molecule has 0 aliphatic heterocycles. The van der Waals surface area contributed by atoms with Crippen molar-refractivity contribution in [2.24, 2.45) is 0 Å². The molecule has 142 valence electrons. The number of ether oxygens (including phenoxy) is 2. The van der Waals surface area contributed by atoms with Gasteiger partial charge in [0.1, 0.15) is 5.75 Å². The summed E-state index contributed by atoms with van der Waals surface area (Å²) in [4.78, 5) is 23.6. The molecule has 0 aromatic heterocycles. The highest BCUT2D eigenvalue weighted by Crippen LogP contribution is 2.25. The van der Waals surface area contributed by atoms with Gasteiger partial charge in [0, 0.05) is 5.69 Å². The second kappa shape index (κ2) is 10.0. The molecule has 2 aromatic carbocycles. The Hall–Kier alpha value is -2.45. The normalized spacial score (nSPS) is 10.0. The number of thiocarbonyl (C=S) groups is 1. The minimum absolute atomic E-state index is 0.135. The number of halogens is 1. The van der Waals surface area contributed by atoms with Gasteiger partial charge in [0.2, 0.25) is 0 Å². The van der Waals surface area contributed by atoms with Crippen LogP contribution < -0.4 is 15.4 Å². The molecule has 0 spiro atoms. The molecule has 8 heteroatoms. The van der Waals surface area contributed by atoms with Gasteiger partial charge >= 0.3 is 5.97 Å². The average Bonchev–Trinajstić information content (AvgIpc) is 2.61. The zero-order valence-corrected chi connectivity index (χ0v) is 17.3. The summed E-state index contributed by atoms with van der Waals surface area (Å²) < 4.78 is 11.2. The van der Waals surface area contributed by atoms with E-state index in [-0.39, 0.29) is 23.6 Å². The van der Waals surface area contributed by atoms with Crippen molar-refractivity contribution in [3.63, 3.8) is 0 Å². The first-order chi connectivity index (χ1) is 12.9. The highest BCUT2D eigenvalue weighted by atomic mass is 79.9. The Balaban J connectivity index is 1.82. The molecule has 0 fully saturated rings. The number of rotatable bonds is 6. The summed E-state index contributed by atoms with van der Waals surface area (Å²) in [6, 6.07) is 12.2. The van der Waals surface area contributed by atoms with Gasteiger partial charge in [0.15, 0.2) is 11.7 Å². The van der Waals surface area contributed by atoms with Gasteiger partial charge in [-0.25, -0.2) is 4.79 Å². The Morgan fingerprint density at radius 2 is 1.85 bits per heavy atom. The second-order valence-corrected chi connectivity index (χ2v) is 6.79. The lowest BCUT2D eigenvalue weighted by Gasteiger charge is -2.11. The molecule has 0 radical (unpaired) electrons. The summed E-state index contributed by atoms with van der Waals surface area (Å²) in [5, 5.41) is 5.54. The van der Waals surface area contributed by atoms with Gasteiger partial charge in [-0.3, -0.25) is 10.1 Å². The van der Waals surface area contributed by atoms with Gasteiger partial charge in [0.25, 0.3) is 5.91 Å². The van der Waals surface area contributed by atoms with Crippen molar-refractivity contribution in [1.82, 2.24) is 5.32 Å². The topological polar surface area (TPSA) is 76.7 Å². The van der Waals surface area contributed by atoms with Crippen molar-refractivity contribution >= 4 is 50.8 Å². The average molecular weight is 451 g/mol. The minimum Gasteiger partial charge on any atom is -0.483 e. The zero-order chi connectivity index (χ0) is 19.8. The maximum absolute atomic E-state index is 12.0. The van der Waals surface area contributed by atoms with E-state index in [1.54, 1.807) is 37.3 Å². The van der Waals surface area contributed by atoms with Gasteiger partial charge in [-0.15, -0.1) is 0 Å². The first-order valence-electron chi connectivity index (χ1n) is 8.16. The molecule has 1 amide bonds. The zero-order valence-electron chi connectivity index (χ0n) is 14.9. The Kier molecular flexibility index (Phi) is 7.75. The number of hydrogen-bond acceptors (Lipinski definition) is 5. The minimum atomic E-state index is -0.389. The van der Waals surface area contributed by atoms with Gasteiger partial charge in [-0.1, -0.05) is 6.07 Å². The number of aryl methyl sites for hydroxylation is 1. The van der Waals surface area contributed by atoms with Crippen molar-refractivity contribution < 1.29 is 19.1 Å². The van der Waals surface area contributed by atoms with Crippen molar-refractivity contribution in [2.75, 3.05) is 18.5 Å². The van der Waals surface area contributed by atoms with E-state index in [4.69, 9.17) is 21.7 Å². The van der Waals surface area contributed by atoms with Crippen LogP contribution in [0.25, 0.3) is 0 Å². The van der Waals surface area contributed by atoms with Crippen LogP contribution in [-0.4, -0.2) is 30.2 Å². The predicted octanol–water partition coefficient (Wildman–Crippen LogP) is 3.83. The van der Waals surface area contributed by atoms with Crippen LogP contribution >= 0.6 is 28.1 Å². The van der Waals surface area contributed by atoms with Crippen LogP contribution in [0.2, 0.25) is 0 Å². The number of amides is 1. The summed E-state index contributed by atoms with van der Waals surface area (Å²) in [6.45, 7) is 3.85. The summed E-state index contributed by atoms with van der Waals surface area (Å²) in [7, 11) is 0. The fourth-order valence-corrected chi connectivity index (χ4v) is 2.93. The lowest BCUT2D eigenvalue weighted by molar-refractivity contribution is -0.121. The Labute approximate surface area is 171 Å². The Morgan fingerprint density at radius 3 is 2.48 bits per heavy atom. The fourth-order valence-electron chi connectivity index (χ4n) is 2.10. The molecule has 2 rings (SSSR count). The second-order valence-electron chi connectivity index (χ2n) is 5.52. The number of carbonyl (C=O) groups excluding carboxylic acids is 2. The van der Waals surface area contributed by atoms with Crippen molar-refractivity contribution in [1.29, 1.82) is 0 Å². The fraction of sp³-hybridized carbons (Fsp3) is 0.211. The first kappa shape index (κ1) is 20.9. The van der Waals surface area contributed by atoms with E-state index in [2.05, 4.69) is 26.6 Å². The van der Waals surface area contributed by atoms with Crippen LogP contribution in [0.4, 0.5) is 5.69 Å². The maximum Gasteiger partial charge on any atom is 0.338 e. The third-order valence-electron chi connectivity index (χ3n) is 3.35. The van der Waals surface area contributed by atoms with Crippen molar-refractivity contribution in [3.8, 4) is 5.75 Å². The van der Waals surface area contributed by atoms with Crippen LogP contribution in [0.15, 0.2) is 46.9 Å². The SMILES string of the molecule is CCOC(=O)c1ccc(NC(=S)NC(=O)COc2ccc(C)cc2Br)cc1. The number of nitrogens with one attached hydrogen (secondary N) is 2. The molecular weight excluding hydrogens is 432 g/mol. The lowest BCUT2D eigenvalue weighted by Crippen LogP contribution is -2.37. The van der Waals surface area contributed by atoms with Gasteiger partial charge in [-0.2, -0.15) is 0 Å². The monoisotopic (exact) mass is 450 g/mol. The summed E-state index contributed by atoms with van der Waals surface area (Å²) in [5.74, 6) is -0.202. The summed E-state index contributed by atoms with van der Waals surface area (Å²) in [5.41, 5.74) is 2.16. The highest BCUT2D eigenvalue weighted by molar-refractivity contribution is 9.10. The largest absolute Gasteiger partial charge is 0.483 e. The van der Waals surface area contributed by atoms with E-state index < -0.39 is 0 Å². The molecule has 0 atom stereocenters. The molecule has 0 unspecified atom stereocenters. The molecule has 27 heavy (non-hydrogen) atoms. The number of hydrogen-bond donors (Lipinski definition) is 2. The van der Waals surface area contributed by atoms with Crippen LogP contribution in [0, 0.1) is 6.92 Å². The van der Waals surface area contributed by atoms with E-state index >= 15 is 0 Å². The van der Waals surface area contributed by atoms with Gasteiger partial charge in [-0.05, 0) is 84.0 Å². The molecule has 0 aliphatic rings. The van der Waals surface area contributed by atoms with E-state index in [1.807, 2.05) is 19.1 Å². The van der Waals surface area contributed by atoms with Crippen LogP contribution in [0.5, 0.6) is 5.75 Å². The van der Waals surface area contributed by atoms with Gasteiger partial charge < -0.3 is 14.8 Å². The number of anilines is 1. The van der Waals surface area contributed by atoms with Crippen LogP contribution in [-0.2, 0) is 9.53 Å². The third kappa shape index (κ3) is 6.65. The van der Waals surface area contributed by atoms with Crippen LogP contribution in [0.1, 0.15) is 22.8 Å². The first-order valence-corrected chi connectivity index (χ1v) is 9.36. The third-order valence-corrected chi connectivity index (χ3v) is 4.18. The van der Waals surface area contributed by atoms with E-state index in [1.165, 1.54) is 0 Å². The number of carbonyl (C=O) groups is 2. The summed E-state index contributed by atoms with van der Waals surface area (Å²) >= 11 is 8.50. The molecule has 6 nitrogen and oxygen atoms in total. The van der Waals surface area contributed by atoms with E-state index in [9.17, 15) is 9.59 Å². The Bertz CT molecular complexity index is 840. The number of benzene rings is 2. The van der Waals surface area contributed by atoms with Gasteiger partial charge in [0.05, 0.1) is 16.6 Å².